The number of hydrogen-bond donors (Lipinski definition) is 0. The fourth-order valence-corrected chi connectivity index (χ4v) is 3.27. The largest absolute Gasteiger partial charge is 0.468 e. The number of esters is 1. The molecule has 1 aliphatic carbocycles. The number of benzene rings is 1. The Morgan fingerprint density at radius 3 is 2.71 bits per heavy atom. The van der Waals surface area contributed by atoms with Crippen molar-refractivity contribution in [1.82, 2.24) is 0 Å². The second-order valence-corrected chi connectivity index (χ2v) is 5.61. The van der Waals surface area contributed by atoms with Crippen LogP contribution in [-0.4, -0.2) is 18.4 Å². The van der Waals surface area contributed by atoms with Gasteiger partial charge in [0.1, 0.15) is 0 Å². The van der Waals surface area contributed by atoms with E-state index in [1.807, 2.05) is 6.07 Å². The Morgan fingerprint density at radius 1 is 1.53 bits per heavy atom. The number of ether oxygens (including phenoxy) is 1. The average Bonchev–Trinajstić information content (AvgIpc) is 3.07. The average molecular weight is 338 g/mol. The zero-order valence-corrected chi connectivity index (χ0v) is 12.3. The first kappa shape index (κ1) is 13.2. The van der Waals surface area contributed by atoms with Crippen LogP contribution in [0.25, 0.3) is 0 Å². The smallest absolute Gasteiger partial charge is 0.316 e. The Hall–Kier alpha value is -0.250. The maximum absolute atomic E-state index is 11.9. The van der Waals surface area contributed by atoms with Crippen molar-refractivity contribution < 1.29 is 9.53 Å². The number of hydrogen-bond acceptors (Lipinski definition) is 2. The summed E-state index contributed by atoms with van der Waals surface area (Å²) in [6, 6.07) is 5.31. The van der Waals surface area contributed by atoms with E-state index in [1.165, 1.54) is 7.11 Å². The molecule has 2 atom stereocenters. The minimum Gasteiger partial charge on any atom is -0.468 e. The predicted octanol–water partition coefficient (Wildman–Crippen LogP) is 3.82. The van der Waals surface area contributed by atoms with Crippen LogP contribution in [0, 0.1) is 5.92 Å². The fraction of sp³-hybridized carbons (Fsp3) is 0.417. The van der Waals surface area contributed by atoms with Crippen molar-refractivity contribution in [2.24, 2.45) is 5.92 Å². The quantitative estimate of drug-likeness (QED) is 0.619. The van der Waals surface area contributed by atoms with Crippen molar-refractivity contribution in [3.63, 3.8) is 0 Å². The molecule has 17 heavy (non-hydrogen) atoms. The molecule has 2 nitrogen and oxygen atoms in total. The normalized spacial score (nSPS) is 26.7. The molecular weight excluding hydrogens is 327 g/mol. The van der Waals surface area contributed by atoms with Gasteiger partial charge in [0.05, 0.1) is 22.6 Å². The van der Waals surface area contributed by atoms with Gasteiger partial charge in [-0.25, -0.2) is 0 Å². The molecule has 0 unspecified atom stereocenters. The van der Waals surface area contributed by atoms with E-state index in [4.69, 9.17) is 27.9 Å². The summed E-state index contributed by atoms with van der Waals surface area (Å²) in [6.45, 7) is 0. The molecule has 1 aromatic rings. The number of rotatable bonds is 3. The molecule has 1 aromatic carbocycles. The second-order valence-electron chi connectivity index (χ2n) is 4.15. The van der Waals surface area contributed by atoms with Gasteiger partial charge in [-0.2, -0.15) is 0 Å². The van der Waals surface area contributed by atoms with Crippen LogP contribution in [0.1, 0.15) is 12.0 Å². The molecule has 0 aromatic heterocycles. The molecule has 1 fully saturated rings. The zero-order valence-electron chi connectivity index (χ0n) is 9.17. The molecule has 1 saturated carbocycles. The summed E-state index contributed by atoms with van der Waals surface area (Å²) in [5.74, 6) is 0.0486. The van der Waals surface area contributed by atoms with Gasteiger partial charge in [0.15, 0.2) is 0 Å². The molecule has 0 aliphatic heterocycles. The van der Waals surface area contributed by atoms with E-state index in [-0.39, 0.29) is 11.9 Å². The third kappa shape index (κ3) is 2.09. The molecule has 0 spiro atoms. The Morgan fingerprint density at radius 2 is 2.24 bits per heavy atom. The van der Waals surface area contributed by atoms with Gasteiger partial charge < -0.3 is 4.74 Å². The number of methoxy groups -OCH3 is 1. The van der Waals surface area contributed by atoms with Crippen molar-refractivity contribution in [3.05, 3.63) is 33.8 Å². The zero-order chi connectivity index (χ0) is 12.6. The standard InChI is InChI=1S/C12H11BrCl2O2/c1-17-11(16)12(5-8(12)6-13)7-2-3-9(14)10(15)4-7/h2-4,8H,5-6H2,1H3/t8-,12+/m0/s1. The second kappa shape index (κ2) is 4.79. The van der Waals surface area contributed by atoms with E-state index >= 15 is 0 Å². The molecule has 0 radical (unpaired) electrons. The Labute approximate surface area is 118 Å². The SMILES string of the molecule is COC(=O)[C@@]1(c2ccc(Cl)c(Cl)c2)C[C@H]1CBr. The molecule has 5 heteroatoms. The van der Waals surface area contributed by atoms with Gasteiger partial charge in [-0.15, -0.1) is 0 Å². The summed E-state index contributed by atoms with van der Waals surface area (Å²) in [5.41, 5.74) is 0.329. The van der Waals surface area contributed by atoms with Crippen molar-refractivity contribution in [3.8, 4) is 0 Å². The minimum absolute atomic E-state index is 0.208. The lowest BCUT2D eigenvalue weighted by molar-refractivity contribution is -0.144. The summed E-state index contributed by atoms with van der Waals surface area (Å²) < 4.78 is 4.90. The van der Waals surface area contributed by atoms with Gasteiger partial charge in [0.2, 0.25) is 0 Å². The van der Waals surface area contributed by atoms with Crippen LogP contribution in [0.3, 0.4) is 0 Å². The molecule has 0 amide bonds. The van der Waals surface area contributed by atoms with Gasteiger partial charge in [-0.1, -0.05) is 45.2 Å². The van der Waals surface area contributed by atoms with Crippen molar-refractivity contribution in [1.29, 1.82) is 0 Å². The molecular formula is C12H11BrCl2O2. The maximum atomic E-state index is 11.9. The number of halogens is 3. The van der Waals surface area contributed by atoms with Crippen LogP contribution in [0.5, 0.6) is 0 Å². The van der Waals surface area contributed by atoms with Gasteiger partial charge in [0, 0.05) is 5.33 Å². The summed E-state index contributed by atoms with van der Waals surface area (Å²) >= 11 is 15.3. The first-order chi connectivity index (χ1) is 8.06. The van der Waals surface area contributed by atoms with E-state index in [1.54, 1.807) is 12.1 Å². The maximum Gasteiger partial charge on any atom is 0.316 e. The van der Waals surface area contributed by atoms with Crippen LogP contribution < -0.4 is 0 Å². The predicted molar refractivity (Wildman–Crippen MR) is 72.1 cm³/mol. The van der Waals surface area contributed by atoms with Crippen molar-refractivity contribution in [2.75, 3.05) is 12.4 Å². The Kier molecular flexibility index (Phi) is 3.71. The molecule has 2 rings (SSSR count). The van der Waals surface area contributed by atoms with Gasteiger partial charge in [0.25, 0.3) is 0 Å². The summed E-state index contributed by atoms with van der Waals surface area (Å²) in [6.07, 6.45) is 0.781. The van der Waals surface area contributed by atoms with E-state index in [0.717, 1.165) is 17.3 Å². The molecule has 1 aliphatic rings. The number of carbonyl (C=O) groups is 1. The van der Waals surface area contributed by atoms with Crippen LogP contribution in [0.2, 0.25) is 10.0 Å². The van der Waals surface area contributed by atoms with Gasteiger partial charge >= 0.3 is 5.97 Å². The first-order valence-corrected chi connectivity index (χ1v) is 7.04. The number of alkyl halides is 1. The third-order valence-electron chi connectivity index (χ3n) is 3.28. The van der Waals surface area contributed by atoms with Crippen molar-refractivity contribution in [2.45, 2.75) is 11.8 Å². The van der Waals surface area contributed by atoms with Crippen LogP contribution in [0.4, 0.5) is 0 Å². The van der Waals surface area contributed by atoms with E-state index in [0.29, 0.717) is 10.0 Å². The number of carbonyl (C=O) groups excluding carboxylic acids is 1. The minimum atomic E-state index is -0.549. The lowest BCUT2D eigenvalue weighted by Gasteiger charge is -2.15. The monoisotopic (exact) mass is 336 g/mol. The highest BCUT2D eigenvalue weighted by Gasteiger charge is 2.61. The lowest BCUT2D eigenvalue weighted by atomic mass is 9.93. The molecule has 0 bridgehead atoms. The van der Waals surface area contributed by atoms with E-state index in [9.17, 15) is 4.79 Å². The summed E-state index contributed by atoms with van der Waals surface area (Å²) in [4.78, 5) is 11.9. The Balaban J connectivity index is 2.41. The van der Waals surface area contributed by atoms with Crippen LogP contribution >= 0.6 is 39.1 Å². The highest BCUT2D eigenvalue weighted by atomic mass is 79.9. The molecule has 0 saturated heterocycles. The first-order valence-electron chi connectivity index (χ1n) is 5.16. The van der Waals surface area contributed by atoms with Crippen molar-refractivity contribution >= 4 is 45.1 Å². The van der Waals surface area contributed by atoms with Gasteiger partial charge in [-0.3, -0.25) is 4.79 Å². The van der Waals surface area contributed by atoms with E-state index < -0.39 is 5.41 Å². The molecule has 0 N–H and O–H groups in total. The molecule has 0 heterocycles. The fourth-order valence-electron chi connectivity index (χ4n) is 2.19. The summed E-state index contributed by atoms with van der Waals surface area (Å²) in [7, 11) is 1.41. The highest BCUT2D eigenvalue weighted by Crippen LogP contribution is 2.56. The topological polar surface area (TPSA) is 26.3 Å². The van der Waals surface area contributed by atoms with Crippen LogP contribution in [-0.2, 0) is 14.9 Å². The molecule has 92 valence electrons. The third-order valence-corrected chi connectivity index (χ3v) is 4.80. The lowest BCUT2D eigenvalue weighted by Crippen LogP contribution is -2.25. The van der Waals surface area contributed by atoms with Crippen LogP contribution in [0.15, 0.2) is 18.2 Å². The summed E-state index contributed by atoms with van der Waals surface area (Å²) in [5, 5.41) is 1.72. The highest BCUT2D eigenvalue weighted by molar-refractivity contribution is 9.09. The Bertz CT molecular complexity index is 464. The van der Waals surface area contributed by atoms with Gasteiger partial charge in [-0.05, 0) is 30.0 Å². The van der Waals surface area contributed by atoms with E-state index in [2.05, 4.69) is 15.9 Å².